The molecule has 0 spiro atoms. The summed E-state index contributed by atoms with van der Waals surface area (Å²) >= 11 is 0. The topological polar surface area (TPSA) is 23.5 Å². The van der Waals surface area contributed by atoms with Gasteiger partial charge in [-0.1, -0.05) is 42.0 Å². The molecule has 0 aliphatic heterocycles. The van der Waals surface area contributed by atoms with Gasteiger partial charge in [0.2, 0.25) is 0 Å². The lowest BCUT2D eigenvalue weighted by atomic mass is 10.00. The van der Waals surface area contributed by atoms with E-state index in [1.54, 1.807) is 6.07 Å². The SMILES string of the molecule is Cc1ccc(O)c(C(C)N(C)C2CCc3ccccc32)c1. The van der Waals surface area contributed by atoms with Crippen LogP contribution in [0.3, 0.4) is 0 Å². The largest absolute Gasteiger partial charge is 0.508 e. The van der Waals surface area contributed by atoms with E-state index in [0.29, 0.717) is 11.8 Å². The maximum Gasteiger partial charge on any atom is 0.120 e. The lowest BCUT2D eigenvalue weighted by molar-refractivity contribution is 0.182. The number of phenolic OH excluding ortho intramolecular Hbond substituents is 1. The molecule has 0 fully saturated rings. The van der Waals surface area contributed by atoms with Crippen molar-refractivity contribution in [1.29, 1.82) is 0 Å². The van der Waals surface area contributed by atoms with Crippen LogP contribution in [0.1, 0.15) is 47.7 Å². The molecule has 2 atom stereocenters. The second-order valence-electron chi connectivity index (χ2n) is 6.16. The number of hydrogen-bond acceptors (Lipinski definition) is 2. The summed E-state index contributed by atoms with van der Waals surface area (Å²) in [5.74, 6) is 0.395. The van der Waals surface area contributed by atoms with Gasteiger partial charge in [0.1, 0.15) is 5.75 Å². The first-order valence-corrected chi connectivity index (χ1v) is 7.67. The van der Waals surface area contributed by atoms with Gasteiger partial charge in [-0.15, -0.1) is 0 Å². The zero-order valence-corrected chi connectivity index (χ0v) is 13.0. The van der Waals surface area contributed by atoms with E-state index in [0.717, 1.165) is 18.4 Å². The Hall–Kier alpha value is -1.80. The molecule has 110 valence electrons. The molecule has 2 nitrogen and oxygen atoms in total. The fourth-order valence-electron chi connectivity index (χ4n) is 3.46. The van der Waals surface area contributed by atoms with Crippen LogP contribution >= 0.6 is 0 Å². The standard InChI is InChI=1S/C19H23NO/c1-13-8-11-19(21)17(12-13)14(2)20(3)18-10-9-15-6-4-5-7-16(15)18/h4-8,11-12,14,18,21H,9-10H2,1-3H3. The van der Waals surface area contributed by atoms with Crippen LogP contribution in [0.5, 0.6) is 5.75 Å². The van der Waals surface area contributed by atoms with Crippen molar-refractivity contribution in [2.45, 2.75) is 38.8 Å². The Morgan fingerprint density at radius 2 is 1.95 bits per heavy atom. The van der Waals surface area contributed by atoms with Crippen molar-refractivity contribution in [3.05, 3.63) is 64.7 Å². The summed E-state index contributed by atoms with van der Waals surface area (Å²) in [6, 6.07) is 15.2. The molecule has 0 radical (unpaired) electrons. The van der Waals surface area contributed by atoms with Crippen molar-refractivity contribution in [2.24, 2.45) is 0 Å². The quantitative estimate of drug-likeness (QED) is 0.902. The van der Waals surface area contributed by atoms with E-state index in [2.05, 4.69) is 56.1 Å². The summed E-state index contributed by atoms with van der Waals surface area (Å²) in [7, 11) is 2.17. The first kappa shape index (κ1) is 14.2. The zero-order valence-electron chi connectivity index (χ0n) is 13.0. The molecule has 2 aromatic carbocycles. The van der Waals surface area contributed by atoms with E-state index in [4.69, 9.17) is 0 Å². The average molecular weight is 281 g/mol. The van der Waals surface area contributed by atoms with Crippen LogP contribution in [-0.4, -0.2) is 17.1 Å². The van der Waals surface area contributed by atoms with Gasteiger partial charge in [-0.2, -0.15) is 0 Å². The zero-order chi connectivity index (χ0) is 15.0. The summed E-state index contributed by atoms with van der Waals surface area (Å²) in [5, 5.41) is 10.2. The number of aromatic hydroxyl groups is 1. The maximum atomic E-state index is 10.2. The third kappa shape index (κ3) is 2.56. The molecule has 0 saturated heterocycles. The number of rotatable bonds is 3. The Bertz CT molecular complexity index is 650. The van der Waals surface area contributed by atoms with Crippen molar-refractivity contribution < 1.29 is 5.11 Å². The van der Waals surface area contributed by atoms with E-state index in [-0.39, 0.29) is 6.04 Å². The summed E-state index contributed by atoms with van der Waals surface area (Å²) < 4.78 is 0. The van der Waals surface area contributed by atoms with Crippen LogP contribution in [0.2, 0.25) is 0 Å². The third-order valence-corrected chi connectivity index (χ3v) is 4.84. The highest BCUT2D eigenvalue weighted by Crippen LogP contribution is 2.40. The molecule has 0 bridgehead atoms. The van der Waals surface area contributed by atoms with Gasteiger partial charge in [0, 0.05) is 17.6 Å². The molecule has 1 aliphatic carbocycles. The second kappa shape index (κ2) is 5.53. The van der Waals surface area contributed by atoms with Crippen molar-refractivity contribution in [2.75, 3.05) is 7.05 Å². The number of aryl methyl sites for hydroxylation is 2. The number of phenols is 1. The minimum atomic E-state index is 0.195. The first-order chi connectivity index (χ1) is 10.1. The van der Waals surface area contributed by atoms with Gasteiger partial charge in [-0.05, 0) is 50.9 Å². The number of benzene rings is 2. The fraction of sp³-hybridized carbons (Fsp3) is 0.368. The van der Waals surface area contributed by atoms with Gasteiger partial charge in [0.25, 0.3) is 0 Å². The molecule has 0 amide bonds. The van der Waals surface area contributed by atoms with E-state index in [9.17, 15) is 5.11 Å². The van der Waals surface area contributed by atoms with Gasteiger partial charge in [-0.3, -0.25) is 4.90 Å². The maximum absolute atomic E-state index is 10.2. The monoisotopic (exact) mass is 281 g/mol. The predicted octanol–water partition coefficient (Wildman–Crippen LogP) is 4.38. The smallest absolute Gasteiger partial charge is 0.120 e. The molecule has 1 N–H and O–H groups in total. The van der Waals surface area contributed by atoms with Gasteiger partial charge in [0.05, 0.1) is 0 Å². The van der Waals surface area contributed by atoms with E-state index in [1.165, 1.54) is 16.7 Å². The van der Waals surface area contributed by atoms with Gasteiger partial charge in [-0.25, -0.2) is 0 Å². The molecule has 0 aromatic heterocycles. The molecule has 3 rings (SSSR count). The molecule has 1 aliphatic rings. The minimum absolute atomic E-state index is 0.195. The van der Waals surface area contributed by atoms with Gasteiger partial charge < -0.3 is 5.11 Å². The highest BCUT2D eigenvalue weighted by molar-refractivity contribution is 5.39. The Balaban J connectivity index is 1.89. The summed E-state index contributed by atoms with van der Waals surface area (Å²) in [5.41, 5.74) is 5.12. The lowest BCUT2D eigenvalue weighted by Crippen LogP contribution is -2.26. The van der Waals surface area contributed by atoms with Crippen molar-refractivity contribution in [1.82, 2.24) is 4.90 Å². The second-order valence-corrected chi connectivity index (χ2v) is 6.16. The lowest BCUT2D eigenvalue weighted by Gasteiger charge is -2.32. The van der Waals surface area contributed by atoms with Crippen molar-refractivity contribution >= 4 is 0 Å². The normalized spacial score (nSPS) is 18.8. The Labute approximate surface area is 127 Å². The summed E-state index contributed by atoms with van der Waals surface area (Å²) in [6.45, 7) is 4.25. The van der Waals surface area contributed by atoms with Crippen LogP contribution in [0, 0.1) is 6.92 Å². The van der Waals surface area contributed by atoms with E-state index >= 15 is 0 Å². The molecule has 21 heavy (non-hydrogen) atoms. The number of nitrogens with zero attached hydrogens (tertiary/aromatic N) is 1. The van der Waals surface area contributed by atoms with Crippen LogP contribution < -0.4 is 0 Å². The Morgan fingerprint density at radius 1 is 1.19 bits per heavy atom. The molecule has 2 heteroatoms. The highest BCUT2D eigenvalue weighted by Gasteiger charge is 2.29. The molecule has 0 saturated carbocycles. The average Bonchev–Trinajstić information content (AvgIpc) is 2.92. The van der Waals surface area contributed by atoms with E-state index < -0.39 is 0 Å². The molecule has 2 aromatic rings. The minimum Gasteiger partial charge on any atom is -0.508 e. The van der Waals surface area contributed by atoms with Crippen LogP contribution in [-0.2, 0) is 6.42 Å². The highest BCUT2D eigenvalue weighted by atomic mass is 16.3. The van der Waals surface area contributed by atoms with Crippen LogP contribution in [0.4, 0.5) is 0 Å². The number of hydrogen-bond donors (Lipinski definition) is 1. The van der Waals surface area contributed by atoms with E-state index in [1.807, 2.05) is 6.07 Å². The Kier molecular flexibility index (Phi) is 3.73. The molecular weight excluding hydrogens is 258 g/mol. The number of fused-ring (bicyclic) bond motifs is 1. The van der Waals surface area contributed by atoms with Crippen LogP contribution in [0.25, 0.3) is 0 Å². The van der Waals surface area contributed by atoms with Gasteiger partial charge in [0.15, 0.2) is 0 Å². The fourth-order valence-corrected chi connectivity index (χ4v) is 3.46. The van der Waals surface area contributed by atoms with Crippen molar-refractivity contribution in [3.63, 3.8) is 0 Å². The van der Waals surface area contributed by atoms with Gasteiger partial charge >= 0.3 is 0 Å². The van der Waals surface area contributed by atoms with Crippen molar-refractivity contribution in [3.8, 4) is 5.75 Å². The molecular formula is C19H23NO. The summed E-state index contributed by atoms with van der Waals surface area (Å²) in [4.78, 5) is 2.39. The molecule has 0 heterocycles. The first-order valence-electron chi connectivity index (χ1n) is 7.67. The Morgan fingerprint density at radius 3 is 2.76 bits per heavy atom. The predicted molar refractivity (Wildman–Crippen MR) is 86.5 cm³/mol. The third-order valence-electron chi connectivity index (χ3n) is 4.84. The molecule has 2 unspecified atom stereocenters. The summed E-state index contributed by atoms with van der Waals surface area (Å²) in [6.07, 6.45) is 2.31. The van der Waals surface area contributed by atoms with Crippen LogP contribution in [0.15, 0.2) is 42.5 Å².